The summed E-state index contributed by atoms with van der Waals surface area (Å²) in [5.74, 6) is 0. The Morgan fingerprint density at radius 1 is 1.13 bits per heavy atom. The zero-order chi connectivity index (χ0) is 21.8. The molecule has 1 aromatic heterocycles. The van der Waals surface area contributed by atoms with Gasteiger partial charge in [-0.1, -0.05) is 27.2 Å². The Labute approximate surface area is 178 Å². The Hall–Kier alpha value is -2.45. The number of carbonyl (C=O) groups excluding carboxylic acids is 1. The van der Waals surface area contributed by atoms with Crippen LogP contribution in [0.5, 0.6) is 0 Å². The predicted octanol–water partition coefficient (Wildman–Crippen LogP) is 3.68. The lowest BCUT2D eigenvalue weighted by Gasteiger charge is -2.25. The molecule has 7 nitrogen and oxygen atoms in total. The average molecular weight is 430 g/mol. The van der Waals surface area contributed by atoms with E-state index in [4.69, 9.17) is 0 Å². The second-order valence-corrected chi connectivity index (χ2v) is 10.5. The number of sulfonamides is 1. The Morgan fingerprint density at radius 3 is 2.43 bits per heavy atom. The van der Waals surface area contributed by atoms with Gasteiger partial charge >= 0.3 is 6.03 Å². The molecule has 3 rings (SSSR count). The van der Waals surface area contributed by atoms with Gasteiger partial charge in [-0.25, -0.2) is 13.2 Å². The van der Waals surface area contributed by atoms with Crippen LogP contribution in [0.2, 0.25) is 0 Å². The molecule has 1 fully saturated rings. The van der Waals surface area contributed by atoms with E-state index in [1.807, 2.05) is 6.07 Å². The number of carbonyl (C=O) groups is 1. The van der Waals surface area contributed by atoms with Gasteiger partial charge in [0.05, 0.1) is 11.1 Å². The number of nitrogens with zero attached hydrogens (tertiary/aromatic N) is 2. The van der Waals surface area contributed by atoms with Crippen LogP contribution in [0, 0.1) is 6.20 Å². The molecule has 2 heterocycles. The highest BCUT2D eigenvalue weighted by molar-refractivity contribution is 7.89. The van der Waals surface area contributed by atoms with Gasteiger partial charge < -0.3 is 10.6 Å². The first-order valence-corrected chi connectivity index (χ1v) is 11.6. The average Bonchev–Trinajstić information content (AvgIpc) is 2.73. The molecule has 1 saturated heterocycles. The summed E-state index contributed by atoms with van der Waals surface area (Å²) >= 11 is 0. The number of piperidine rings is 1. The molecule has 0 unspecified atom stereocenters. The van der Waals surface area contributed by atoms with Gasteiger partial charge in [0.25, 0.3) is 0 Å². The second kappa shape index (κ2) is 9.14. The number of amides is 2. The summed E-state index contributed by atoms with van der Waals surface area (Å²) in [7, 11) is -3.47. The molecule has 0 bridgehead atoms. The van der Waals surface area contributed by atoms with Crippen molar-refractivity contribution in [1.29, 1.82) is 0 Å². The highest BCUT2D eigenvalue weighted by atomic mass is 32.2. The van der Waals surface area contributed by atoms with E-state index in [-0.39, 0.29) is 16.3 Å². The maximum absolute atomic E-state index is 12.7. The number of hydrogen-bond acceptors (Lipinski definition) is 4. The molecule has 2 amide bonds. The number of hydrogen-bond donors (Lipinski definition) is 2. The second-order valence-electron chi connectivity index (χ2n) is 8.55. The van der Waals surface area contributed by atoms with Crippen molar-refractivity contribution in [3.8, 4) is 0 Å². The highest BCUT2D eigenvalue weighted by Gasteiger charge is 2.25. The van der Waals surface area contributed by atoms with E-state index < -0.39 is 10.0 Å². The third-order valence-electron chi connectivity index (χ3n) is 5.07. The van der Waals surface area contributed by atoms with Crippen molar-refractivity contribution in [2.75, 3.05) is 18.4 Å². The van der Waals surface area contributed by atoms with Crippen LogP contribution >= 0.6 is 0 Å². The van der Waals surface area contributed by atoms with Crippen LogP contribution in [0.25, 0.3) is 0 Å². The maximum atomic E-state index is 12.7. The number of anilines is 1. The Bertz CT molecular complexity index is 976. The van der Waals surface area contributed by atoms with Crippen LogP contribution in [-0.4, -0.2) is 36.8 Å². The highest BCUT2D eigenvalue weighted by Crippen LogP contribution is 2.23. The summed E-state index contributed by atoms with van der Waals surface area (Å²) in [4.78, 5) is 16.6. The van der Waals surface area contributed by atoms with Gasteiger partial charge in [-0.2, -0.15) is 4.31 Å². The summed E-state index contributed by atoms with van der Waals surface area (Å²) in [6.07, 6.45) is 7.52. The minimum atomic E-state index is -3.47. The van der Waals surface area contributed by atoms with Crippen LogP contribution in [-0.2, 0) is 22.0 Å². The van der Waals surface area contributed by atoms with E-state index in [2.05, 4.69) is 42.6 Å². The topological polar surface area (TPSA) is 91.4 Å². The first kappa shape index (κ1) is 22.2. The van der Waals surface area contributed by atoms with Crippen LogP contribution in [0.15, 0.2) is 41.4 Å². The SMILES string of the molecule is CC(C)(C)c1[c]ncc(CNC(=O)Nc2ccc(S(=O)(=O)N3CCCCC3)cc2)c1. The van der Waals surface area contributed by atoms with Gasteiger partial charge in [0.1, 0.15) is 0 Å². The van der Waals surface area contributed by atoms with Crippen molar-refractivity contribution >= 4 is 21.7 Å². The Kier molecular flexibility index (Phi) is 6.77. The molecule has 0 aliphatic carbocycles. The van der Waals surface area contributed by atoms with Crippen LogP contribution < -0.4 is 10.6 Å². The molecule has 8 heteroatoms. The smallest absolute Gasteiger partial charge is 0.319 e. The van der Waals surface area contributed by atoms with Gasteiger partial charge in [0, 0.05) is 31.5 Å². The lowest BCUT2D eigenvalue weighted by atomic mass is 9.88. The van der Waals surface area contributed by atoms with Gasteiger partial charge in [0.15, 0.2) is 0 Å². The summed E-state index contributed by atoms with van der Waals surface area (Å²) in [5, 5.41) is 5.52. The van der Waals surface area contributed by atoms with E-state index in [0.29, 0.717) is 25.3 Å². The predicted molar refractivity (Wildman–Crippen MR) is 117 cm³/mol. The van der Waals surface area contributed by atoms with E-state index in [0.717, 1.165) is 30.4 Å². The van der Waals surface area contributed by atoms with E-state index in [9.17, 15) is 13.2 Å². The Balaban J connectivity index is 1.57. The van der Waals surface area contributed by atoms with Gasteiger partial charge in [0.2, 0.25) is 10.0 Å². The van der Waals surface area contributed by atoms with Crippen molar-refractivity contribution in [3.63, 3.8) is 0 Å². The maximum Gasteiger partial charge on any atom is 0.319 e. The minimum absolute atomic E-state index is 0.0679. The number of urea groups is 1. The molecule has 0 saturated carbocycles. The van der Waals surface area contributed by atoms with Crippen LogP contribution in [0.1, 0.15) is 51.2 Å². The molecule has 0 atom stereocenters. The molecule has 1 aliphatic rings. The summed E-state index contributed by atoms with van der Waals surface area (Å²) < 4.78 is 26.9. The summed E-state index contributed by atoms with van der Waals surface area (Å²) in [6.45, 7) is 7.71. The van der Waals surface area contributed by atoms with Gasteiger partial charge in [-0.05, 0) is 59.7 Å². The van der Waals surface area contributed by atoms with Crippen molar-refractivity contribution in [3.05, 3.63) is 53.9 Å². The lowest BCUT2D eigenvalue weighted by Crippen LogP contribution is -2.35. The van der Waals surface area contributed by atoms with E-state index >= 15 is 0 Å². The van der Waals surface area contributed by atoms with Crippen molar-refractivity contribution in [2.45, 2.75) is 56.9 Å². The largest absolute Gasteiger partial charge is 0.334 e. The zero-order valence-electron chi connectivity index (χ0n) is 17.7. The fraction of sp³-hybridized carbons (Fsp3) is 0.455. The molecule has 1 aromatic carbocycles. The molecule has 161 valence electrons. The van der Waals surface area contributed by atoms with Gasteiger partial charge in [-0.3, -0.25) is 4.98 Å². The van der Waals surface area contributed by atoms with Crippen LogP contribution in [0.4, 0.5) is 10.5 Å². The molecular weight excluding hydrogens is 400 g/mol. The minimum Gasteiger partial charge on any atom is -0.334 e. The lowest BCUT2D eigenvalue weighted by molar-refractivity contribution is 0.251. The van der Waals surface area contributed by atoms with Crippen molar-refractivity contribution in [1.82, 2.24) is 14.6 Å². The number of benzene rings is 1. The standard InChI is InChI=1S/C22H29N4O3S/c1-22(2,3)18-13-17(14-23-16-18)15-24-21(27)25-19-7-9-20(10-8-19)30(28,29)26-11-5-4-6-12-26/h7-10,13-14H,4-6,11-12,15H2,1-3H3,(H2,24,25,27). The van der Waals surface area contributed by atoms with Gasteiger partial charge in [-0.15, -0.1) is 0 Å². The fourth-order valence-corrected chi connectivity index (χ4v) is 4.76. The molecule has 0 spiro atoms. The van der Waals surface area contributed by atoms with E-state index in [1.165, 1.54) is 16.4 Å². The van der Waals surface area contributed by atoms with Crippen LogP contribution in [0.3, 0.4) is 0 Å². The summed E-state index contributed by atoms with van der Waals surface area (Å²) in [6, 6.07) is 7.89. The fourth-order valence-electron chi connectivity index (χ4n) is 3.24. The first-order valence-electron chi connectivity index (χ1n) is 10.2. The number of pyridine rings is 1. The normalized spacial score (nSPS) is 15.6. The van der Waals surface area contributed by atoms with E-state index in [1.54, 1.807) is 18.3 Å². The molecular formula is C22H29N4O3S. The molecule has 2 N–H and O–H groups in total. The van der Waals surface area contributed by atoms with Crippen molar-refractivity contribution in [2.24, 2.45) is 0 Å². The summed E-state index contributed by atoms with van der Waals surface area (Å²) in [5.41, 5.74) is 2.33. The monoisotopic (exact) mass is 429 g/mol. The zero-order valence-corrected chi connectivity index (χ0v) is 18.6. The molecule has 30 heavy (non-hydrogen) atoms. The molecule has 1 aliphatic heterocycles. The number of rotatable bonds is 5. The third kappa shape index (κ3) is 5.58. The molecule has 2 aromatic rings. The first-order chi connectivity index (χ1) is 14.2. The Morgan fingerprint density at radius 2 is 1.80 bits per heavy atom. The van der Waals surface area contributed by atoms with Crippen molar-refractivity contribution < 1.29 is 13.2 Å². The quantitative estimate of drug-likeness (QED) is 0.759. The number of nitrogens with one attached hydrogen (secondary N) is 2. The molecule has 1 radical (unpaired) electrons. The third-order valence-corrected chi connectivity index (χ3v) is 6.98. The number of aromatic nitrogens is 1.